The molecule has 1 N–H and O–H groups in total. The molecule has 1 rings (SSSR count). The minimum Gasteiger partial charge on any atom is -0.497 e. The first-order chi connectivity index (χ1) is 7.95. The number of ether oxygens (including phenoxy) is 2. The number of hydrogen-bond acceptors (Lipinski definition) is 3. The predicted molar refractivity (Wildman–Crippen MR) is 63.6 cm³/mol. The summed E-state index contributed by atoms with van der Waals surface area (Å²) in [5, 5.41) is 10.5. The molecule has 0 spiro atoms. The van der Waals surface area contributed by atoms with Gasteiger partial charge < -0.3 is 14.6 Å². The monoisotopic (exact) mass is 242 g/mol. The molecule has 1 unspecified atom stereocenters. The average molecular weight is 242 g/mol. The summed E-state index contributed by atoms with van der Waals surface area (Å²) in [6.45, 7) is 3.69. The number of benzene rings is 1. The van der Waals surface area contributed by atoms with Crippen LogP contribution in [0.1, 0.15) is 19.4 Å². The van der Waals surface area contributed by atoms with Crippen LogP contribution in [0.2, 0.25) is 0 Å². The van der Waals surface area contributed by atoms with Crippen molar-refractivity contribution in [3.8, 4) is 5.75 Å². The zero-order chi connectivity index (χ0) is 13.1. The van der Waals surface area contributed by atoms with Gasteiger partial charge in [-0.15, -0.1) is 0 Å². The molecule has 0 saturated carbocycles. The van der Waals surface area contributed by atoms with Gasteiger partial charge in [0.05, 0.1) is 13.7 Å². The zero-order valence-electron chi connectivity index (χ0n) is 10.7. The standard InChI is InChI=1S/C13H19FO3/c1-9(2)13(15,8-16-3)11-6-5-10(17-4)7-12(11)14/h5-7,9,15H,8H2,1-4H3. The smallest absolute Gasteiger partial charge is 0.133 e. The Kier molecular flexibility index (Phi) is 4.48. The number of rotatable bonds is 5. The Morgan fingerprint density at radius 2 is 2.00 bits per heavy atom. The van der Waals surface area contributed by atoms with Crippen molar-refractivity contribution in [1.82, 2.24) is 0 Å². The van der Waals surface area contributed by atoms with Crippen LogP contribution >= 0.6 is 0 Å². The molecule has 0 aromatic heterocycles. The fourth-order valence-corrected chi connectivity index (χ4v) is 1.75. The molecule has 0 amide bonds. The summed E-state index contributed by atoms with van der Waals surface area (Å²) in [5.74, 6) is -0.224. The van der Waals surface area contributed by atoms with Gasteiger partial charge in [0.1, 0.15) is 17.2 Å². The number of hydrogen-bond donors (Lipinski definition) is 1. The van der Waals surface area contributed by atoms with E-state index in [0.29, 0.717) is 5.75 Å². The highest BCUT2D eigenvalue weighted by molar-refractivity contribution is 5.33. The van der Waals surface area contributed by atoms with Gasteiger partial charge in [-0.05, 0) is 18.1 Å². The van der Waals surface area contributed by atoms with Crippen molar-refractivity contribution in [3.63, 3.8) is 0 Å². The molecule has 1 aromatic rings. The van der Waals surface area contributed by atoms with Gasteiger partial charge in [0, 0.05) is 18.7 Å². The Morgan fingerprint density at radius 1 is 1.35 bits per heavy atom. The molecule has 17 heavy (non-hydrogen) atoms. The first-order valence-electron chi connectivity index (χ1n) is 5.51. The Morgan fingerprint density at radius 3 is 2.41 bits per heavy atom. The van der Waals surface area contributed by atoms with Crippen LogP contribution < -0.4 is 4.74 Å². The maximum absolute atomic E-state index is 13.9. The second-order valence-electron chi connectivity index (χ2n) is 4.36. The van der Waals surface area contributed by atoms with E-state index < -0.39 is 11.4 Å². The van der Waals surface area contributed by atoms with E-state index in [1.165, 1.54) is 26.4 Å². The van der Waals surface area contributed by atoms with E-state index in [1.807, 2.05) is 13.8 Å². The number of aliphatic hydroxyl groups is 1. The fraction of sp³-hybridized carbons (Fsp3) is 0.538. The lowest BCUT2D eigenvalue weighted by Gasteiger charge is -2.32. The van der Waals surface area contributed by atoms with E-state index >= 15 is 0 Å². The van der Waals surface area contributed by atoms with Gasteiger partial charge in [-0.25, -0.2) is 4.39 Å². The molecule has 0 aliphatic heterocycles. The quantitative estimate of drug-likeness (QED) is 0.861. The summed E-state index contributed by atoms with van der Waals surface area (Å²) < 4.78 is 23.8. The van der Waals surface area contributed by atoms with Crippen molar-refractivity contribution in [2.24, 2.45) is 5.92 Å². The third-order valence-corrected chi connectivity index (χ3v) is 2.96. The summed E-state index contributed by atoms with van der Waals surface area (Å²) in [4.78, 5) is 0. The first kappa shape index (κ1) is 13.9. The van der Waals surface area contributed by atoms with Crippen molar-refractivity contribution >= 4 is 0 Å². The average Bonchev–Trinajstić information content (AvgIpc) is 2.28. The van der Waals surface area contributed by atoms with Crippen LogP contribution in [0.15, 0.2) is 18.2 Å². The molecule has 96 valence electrons. The Bertz CT molecular complexity index is 379. The number of methoxy groups -OCH3 is 2. The second kappa shape index (κ2) is 5.47. The summed E-state index contributed by atoms with van der Waals surface area (Å²) >= 11 is 0. The van der Waals surface area contributed by atoms with E-state index in [9.17, 15) is 9.50 Å². The maximum Gasteiger partial charge on any atom is 0.133 e. The van der Waals surface area contributed by atoms with Crippen LogP contribution in [-0.4, -0.2) is 25.9 Å². The summed E-state index contributed by atoms with van der Waals surface area (Å²) in [6, 6.07) is 4.42. The van der Waals surface area contributed by atoms with Gasteiger partial charge in [-0.2, -0.15) is 0 Å². The van der Waals surface area contributed by atoms with E-state index in [2.05, 4.69) is 0 Å². The molecule has 0 bridgehead atoms. The highest BCUT2D eigenvalue weighted by atomic mass is 19.1. The maximum atomic E-state index is 13.9. The molecule has 0 fully saturated rings. The highest BCUT2D eigenvalue weighted by Gasteiger charge is 2.35. The van der Waals surface area contributed by atoms with Crippen LogP contribution in [0.5, 0.6) is 5.75 Å². The topological polar surface area (TPSA) is 38.7 Å². The van der Waals surface area contributed by atoms with Crippen LogP contribution in [0.4, 0.5) is 4.39 Å². The van der Waals surface area contributed by atoms with Gasteiger partial charge in [0.2, 0.25) is 0 Å². The lowest BCUT2D eigenvalue weighted by atomic mass is 9.83. The fourth-order valence-electron chi connectivity index (χ4n) is 1.75. The first-order valence-corrected chi connectivity index (χ1v) is 5.51. The third kappa shape index (κ3) is 2.76. The van der Waals surface area contributed by atoms with Crippen LogP contribution in [0.3, 0.4) is 0 Å². The molecule has 4 heteroatoms. The van der Waals surface area contributed by atoms with E-state index in [4.69, 9.17) is 9.47 Å². The third-order valence-electron chi connectivity index (χ3n) is 2.96. The molecule has 0 saturated heterocycles. The van der Waals surface area contributed by atoms with Crippen molar-refractivity contribution < 1.29 is 19.0 Å². The normalized spacial score (nSPS) is 14.8. The summed E-state index contributed by atoms with van der Waals surface area (Å²) in [7, 11) is 2.95. The summed E-state index contributed by atoms with van der Waals surface area (Å²) in [5.41, 5.74) is -1.10. The molecule has 1 atom stereocenters. The Balaban J connectivity index is 3.19. The van der Waals surface area contributed by atoms with E-state index in [1.54, 1.807) is 6.07 Å². The zero-order valence-corrected chi connectivity index (χ0v) is 10.7. The molecule has 1 aromatic carbocycles. The molecular formula is C13H19FO3. The Hall–Kier alpha value is -1.13. The highest BCUT2D eigenvalue weighted by Crippen LogP contribution is 2.33. The van der Waals surface area contributed by atoms with Gasteiger partial charge in [0.15, 0.2) is 0 Å². The van der Waals surface area contributed by atoms with Crippen LogP contribution in [0, 0.1) is 11.7 Å². The van der Waals surface area contributed by atoms with Gasteiger partial charge >= 0.3 is 0 Å². The molecule has 0 aliphatic rings. The van der Waals surface area contributed by atoms with Crippen molar-refractivity contribution in [2.45, 2.75) is 19.4 Å². The van der Waals surface area contributed by atoms with Crippen molar-refractivity contribution in [1.29, 1.82) is 0 Å². The predicted octanol–water partition coefficient (Wildman–Crippen LogP) is 2.32. The SMILES string of the molecule is COCC(O)(c1ccc(OC)cc1F)C(C)C. The number of halogens is 1. The largest absolute Gasteiger partial charge is 0.497 e. The lowest BCUT2D eigenvalue weighted by molar-refractivity contribution is -0.0723. The minimum atomic E-state index is -1.33. The van der Waals surface area contributed by atoms with E-state index in [0.717, 1.165) is 0 Å². The van der Waals surface area contributed by atoms with Crippen LogP contribution in [-0.2, 0) is 10.3 Å². The lowest BCUT2D eigenvalue weighted by Crippen LogP contribution is -2.37. The van der Waals surface area contributed by atoms with E-state index in [-0.39, 0.29) is 18.1 Å². The molecule has 3 nitrogen and oxygen atoms in total. The van der Waals surface area contributed by atoms with Crippen molar-refractivity contribution in [2.75, 3.05) is 20.8 Å². The summed E-state index contributed by atoms with van der Waals surface area (Å²) in [6.07, 6.45) is 0. The van der Waals surface area contributed by atoms with Crippen molar-refractivity contribution in [3.05, 3.63) is 29.6 Å². The second-order valence-corrected chi connectivity index (χ2v) is 4.36. The molecular weight excluding hydrogens is 223 g/mol. The minimum absolute atomic E-state index is 0.0495. The van der Waals surface area contributed by atoms with Gasteiger partial charge in [0.25, 0.3) is 0 Å². The van der Waals surface area contributed by atoms with Gasteiger partial charge in [-0.1, -0.05) is 13.8 Å². The molecule has 0 heterocycles. The Labute approximate surface area is 101 Å². The van der Waals surface area contributed by atoms with Gasteiger partial charge in [-0.3, -0.25) is 0 Å². The molecule has 0 radical (unpaired) electrons. The molecule has 0 aliphatic carbocycles. The van der Waals surface area contributed by atoms with Crippen LogP contribution in [0.25, 0.3) is 0 Å².